The van der Waals surface area contributed by atoms with Crippen LogP contribution in [0.25, 0.3) is 0 Å². The number of nitrogens with zero attached hydrogens (tertiary/aromatic N) is 1. The molecule has 0 aliphatic carbocycles. The van der Waals surface area contributed by atoms with Crippen molar-refractivity contribution >= 4 is 12.0 Å². The molecule has 2 aromatic carbocycles. The fourth-order valence-corrected chi connectivity index (χ4v) is 2.55. The molecule has 1 unspecified atom stereocenters. The Kier molecular flexibility index (Phi) is 7.68. The van der Waals surface area contributed by atoms with E-state index in [1.165, 1.54) is 0 Å². The first-order valence-electron chi connectivity index (χ1n) is 8.83. The molecule has 0 aliphatic rings. The lowest BCUT2D eigenvalue weighted by Gasteiger charge is -2.25. The van der Waals surface area contributed by atoms with Gasteiger partial charge in [0.15, 0.2) is 0 Å². The summed E-state index contributed by atoms with van der Waals surface area (Å²) in [6.45, 7) is 2.66. The van der Waals surface area contributed by atoms with Crippen LogP contribution in [0, 0.1) is 0 Å². The summed E-state index contributed by atoms with van der Waals surface area (Å²) in [5, 5.41) is 2.68. The van der Waals surface area contributed by atoms with E-state index in [-0.39, 0.29) is 18.6 Å². The van der Waals surface area contributed by atoms with Gasteiger partial charge in [0.1, 0.15) is 6.61 Å². The highest BCUT2D eigenvalue weighted by atomic mass is 16.5. The highest BCUT2D eigenvalue weighted by Gasteiger charge is 2.16. The van der Waals surface area contributed by atoms with Crippen LogP contribution in [-0.2, 0) is 16.1 Å². The second kappa shape index (κ2) is 10.2. The van der Waals surface area contributed by atoms with Crippen molar-refractivity contribution in [3.8, 4) is 0 Å². The van der Waals surface area contributed by atoms with Crippen LogP contribution in [0.2, 0.25) is 0 Å². The van der Waals surface area contributed by atoms with E-state index in [9.17, 15) is 9.59 Å². The summed E-state index contributed by atoms with van der Waals surface area (Å²) in [6.07, 6.45) is 0.491. The Balaban J connectivity index is 1.64. The number of rotatable bonds is 8. The normalized spacial score (nSPS) is 11.5. The van der Waals surface area contributed by atoms with E-state index in [1.54, 1.807) is 4.90 Å². The molecule has 1 N–H and O–H groups in total. The number of ether oxygens (including phenoxy) is 1. The number of nitrogens with one attached hydrogen (secondary N) is 1. The minimum absolute atomic E-state index is 0.0208. The number of hydrogen-bond acceptors (Lipinski definition) is 3. The molecular formula is C21H26N2O3. The van der Waals surface area contributed by atoms with Crippen molar-refractivity contribution in [2.75, 3.05) is 13.6 Å². The van der Waals surface area contributed by atoms with Crippen molar-refractivity contribution in [1.82, 2.24) is 10.2 Å². The quantitative estimate of drug-likeness (QED) is 0.731. The smallest absolute Gasteiger partial charge is 0.407 e. The second-order valence-electron chi connectivity index (χ2n) is 6.18. The van der Waals surface area contributed by atoms with E-state index in [4.69, 9.17) is 4.74 Å². The number of amides is 2. The second-order valence-corrected chi connectivity index (χ2v) is 6.18. The van der Waals surface area contributed by atoms with Crippen LogP contribution in [0.3, 0.4) is 0 Å². The predicted octanol–water partition coefficient (Wildman–Crippen LogP) is 3.91. The molecule has 26 heavy (non-hydrogen) atoms. The van der Waals surface area contributed by atoms with Crippen molar-refractivity contribution < 1.29 is 14.3 Å². The molecule has 0 heterocycles. The number of hydrogen-bond donors (Lipinski definition) is 1. The third-order valence-corrected chi connectivity index (χ3v) is 4.31. The van der Waals surface area contributed by atoms with E-state index >= 15 is 0 Å². The Morgan fingerprint density at radius 1 is 1.04 bits per heavy atom. The molecule has 0 fully saturated rings. The molecule has 0 bridgehead atoms. The van der Waals surface area contributed by atoms with E-state index in [0.717, 1.165) is 11.1 Å². The van der Waals surface area contributed by atoms with Gasteiger partial charge in [0.25, 0.3) is 0 Å². The molecule has 0 aromatic heterocycles. The highest BCUT2D eigenvalue weighted by Crippen LogP contribution is 2.19. The molecule has 1 atom stereocenters. The van der Waals surface area contributed by atoms with Gasteiger partial charge >= 0.3 is 6.09 Å². The van der Waals surface area contributed by atoms with Gasteiger partial charge in [-0.2, -0.15) is 0 Å². The molecule has 2 rings (SSSR count). The van der Waals surface area contributed by atoms with Gasteiger partial charge in [-0.05, 0) is 24.5 Å². The maximum Gasteiger partial charge on any atom is 0.407 e. The average molecular weight is 354 g/mol. The average Bonchev–Trinajstić information content (AvgIpc) is 2.69. The van der Waals surface area contributed by atoms with Crippen molar-refractivity contribution in [2.24, 2.45) is 0 Å². The Hall–Kier alpha value is -2.82. The summed E-state index contributed by atoms with van der Waals surface area (Å²) < 4.78 is 5.13. The minimum Gasteiger partial charge on any atom is -0.445 e. The molecule has 0 aliphatic heterocycles. The maximum atomic E-state index is 12.3. The van der Waals surface area contributed by atoms with Gasteiger partial charge in [-0.1, -0.05) is 60.7 Å². The number of carbonyl (C=O) groups is 2. The van der Waals surface area contributed by atoms with E-state index in [1.807, 2.05) is 74.6 Å². The molecular weight excluding hydrogens is 328 g/mol. The fraction of sp³-hybridized carbons (Fsp3) is 0.333. The lowest BCUT2D eigenvalue weighted by Crippen LogP contribution is -2.31. The molecule has 2 amide bonds. The first kappa shape index (κ1) is 19.5. The zero-order chi connectivity index (χ0) is 18.8. The Bertz CT molecular complexity index is 689. The molecule has 2 aromatic rings. The molecule has 5 nitrogen and oxygen atoms in total. The largest absolute Gasteiger partial charge is 0.445 e. The predicted molar refractivity (Wildman–Crippen MR) is 101 cm³/mol. The van der Waals surface area contributed by atoms with Gasteiger partial charge in [0.2, 0.25) is 5.91 Å². The van der Waals surface area contributed by atoms with Gasteiger partial charge in [0, 0.05) is 20.0 Å². The van der Waals surface area contributed by atoms with Crippen LogP contribution in [0.15, 0.2) is 60.7 Å². The van der Waals surface area contributed by atoms with Crippen molar-refractivity contribution in [1.29, 1.82) is 0 Å². The summed E-state index contributed by atoms with van der Waals surface area (Å²) in [7, 11) is 1.81. The van der Waals surface area contributed by atoms with Crippen molar-refractivity contribution in [3.63, 3.8) is 0 Å². The van der Waals surface area contributed by atoms with E-state index in [2.05, 4.69) is 5.32 Å². The summed E-state index contributed by atoms with van der Waals surface area (Å²) in [6, 6.07) is 19.4. The lowest BCUT2D eigenvalue weighted by molar-refractivity contribution is -0.131. The van der Waals surface area contributed by atoms with E-state index < -0.39 is 6.09 Å². The van der Waals surface area contributed by atoms with E-state index in [0.29, 0.717) is 19.4 Å². The zero-order valence-electron chi connectivity index (χ0n) is 15.4. The summed E-state index contributed by atoms with van der Waals surface area (Å²) >= 11 is 0. The van der Waals surface area contributed by atoms with Crippen LogP contribution in [0.1, 0.15) is 36.9 Å². The summed E-state index contributed by atoms with van der Waals surface area (Å²) in [5.74, 6) is 0.0563. The van der Waals surface area contributed by atoms with Crippen LogP contribution >= 0.6 is 0 Å². The monoisotopic (exact) mass is 354 g/mol. The third kappa shape index (κ3) is 6.24. The summed E-state index contributed by atoms with van der Waals surface area (Å²) in [5.41, 5.74) is 2.04. The van der Waals surface area contributed by atoms with Gasteiger partial charge in [0.05, 0.1) is 6.04 Å². The first-order valence-corrected chi connectivity index (χ1v) is 8.83. The molecule has 138 valence electrons. The van der Waals surface area contributed by atoms with Crippen molar-refractivity contribution in [3.05, 3.63) is 71.8 Å². The van der Waals surface area contributed by atoms with Gasteiger partial charge in [-0.25, -0.2) is 4.79 Å². The fourth-order valence-electron chi connectivity index (χ4n) is 2.55. The SMILES string of the molecule is CC(c1ccccc1)N(C)C(=O)CCCNC(=O)OCc1ccccc1. The minimum atomic E-state index is -0.465. The van der Waals surface area contributed by atoms with Crippen LogP contribution in [0.4, 0.5) is 4.79 Å². The molecule has 0 saturated heterocycles. The van der Waals surface area contributed by atoms with Gasteiger partial charge in [-0.15, -0.1) is 0 Å². The number of benzene rings is 2. The lowest BCUT2D eigenvalue weighted by atomic mass is 10.1. The molecule has 0 saturated carbocycles. The van der Waals surface area contributed by atoms with Crippen LogP contribution in [0.5, 0.6) is 0 Å². The topological polar surface area (TPSA) is 58.6 Å². The van der Waals surface area contributed by atoms with Crippen LogP contribution < -0.4 is 5.32 Å². The highest BCUT2D eigenvalue weighted by molar-refractivity contribution is 5.76. The standard InChI is InChI=1S/C21H26N2O3/c1-17(19-12-7-4-8-13-19)23(2)20(24)14-9-15-22-21(25)26-16-18-10-5-3-6-11-18/h3-8,10-13,17H,9,14-16H2,1-2H3,(H,22,25). The molecule has 5 heteroatoms. The molecule has 0 spiro atoms. The van der Waals surface area contributed by atoms with Gasteiger partial charge in [-0.3, -0.25) is 4.79 Å². The number of carbonyl (C=O) groups excluding carboxylic acids is 2. The zero-order valence-corrected chi connectivity index (χ0v) is 15.4. The first-order chi connectivity index (χ1) is 12.6. The maximum absolute atomic E-state index is 12.3. The Labute approximate surface area is 155 Å². The number of alkyl carbamates (subject to hydrolysis) is 1. The Morgan fingerprint density at radius 2 is 1.65 bits per heavy atom. The van der Waals surface area contributed by atoms with Gasteiger partial charge < -0.3 is 15.0 Å². The molecule has 0 radical (unpaired) electrons. The summed E-state index contributed by atoms with van der Waals surface area (Å²) in [4.78, 5) is 25.7. The third-order valence-electron chi connectivity index (χ3n) is 4.31. The van der Waals surface area contributed by atoms with Crippen molar-refractivity contribution in [2.45, 2.75) is 32.4 Å². The Morgan fingerprint density at radius 3 is 2.31 bits per heavy atom. The van der Waals surface area contributed by atoms with Crippen LogP contribution in [-0.4, -0.2) is 30.5 Å².